The molecule has 1 saturated carbocycles. The fourth-order valence-corrected chi connectivity index (χ4v) is 2.08. The molecule has 2 atom stereocenters. The molecule has 0 saturated heterocycles. The average Bonchev–Trinajstić information content (AvgIpc) is 2.73. The minimum atomic E-state index is -0.354. The van der Waals surface area contributed by atoms with E-state index in [4.69, 9.17) is 10.5 Å². The highest BCUT2D eigenvalue weighted by molar-refractivity contribution is 5.67. The van der Waals surface area contributed by atoms with E-state index in [1.807, 2.05) is 30.3 Å². The van der Waals surface area contributed by atoms with Crippen molar-refractivity contribution in [3.05, 3.63) is 35.9 Å². The monoisotopic (exact) mass is 234 g/mol. The number of carbonyl (C=O) groups is 1. The van der Waals surface area contributed by atoms with Gasteiger partial charge in [0.25, 0.3) is 0 Å². The second-order valence-corrected chi connectivity index (χ2v) is 4.48. The standard InChI is InChI=1S/C13H18N2O2/c14-11-6-7-12(8-11)15-13(16)17-9-10-4-2-1-3-5-10/h1-5,11-12H,6-9,14H2,(H,15,16)/t11-,12+/m0/s1. The van der Waals surface area contributed by atoms with Crippen LogP contribution in [0.5, 0.6) is 0 Å². The summed E-state index contributed by atoms with van der Waals surface area (Å²) in [5.41, 5.74) is 6.77. The molecule has 2 rings (SSSR count). The zero-order chi connectivity index (χ0) is 12.1. The second kappa shape index (κ2) is 5.68. The van der Waals surface area contributed by atoms with E-state index in [1.54, 1.807) is 0 Å². The zero-order valence-corrected chi connectivity index (χ0v) is 9.76. The van der Waals surface area contributed by atoms with E-state index >= 15 is 0 Å². The third kappa shape index (κ3) is 3.75. The summed E-state index contributed by atoms with van der Waals surface area (Å²) in [6.45, 7) is 0.311. The van der Waals surface area contributed by atoms with Crippen LogP contribution in [0.25, 0.3) is 0 Å². The normalized spacial score (nSPS) is 23.4. The van der Waals surface area contributed by atoms with Crippen LogP contribution in [0.1, 0.15) is 24.8 Å². The van der Waals surface area contributed by atoms with E-state index in [0.29, 0.717) is 6.61 Å². The molecule has 1 aliphatic rings. The fourth-order valence-electron chi connectivity index (χ4n) is 2.08. The van der Waals surface area contributed by atoms with Crippen LogP contribution in [0.3, 0.4) is 0 Å². The SMILES string of the molecule is N[C@H]1CC[C@@H](NC(=O)OCc2ccccc2)C1. The number of carbonyl (C=O) groups excluding carboxylic acids is 1. The Morgan fingerprint density at radius 2 is 2.12 bits per heavy atom. The number of benzene rings is 1. The Balaban J connectivity index is 1.71. The Morgan fingerprint density at radius 3 is 2.76 bits per heavy atom. The molecule has 0 aromatic heterocycles. The van der Waals surface area contributed by atoms with Crippen LogP contribution < -0.4 is 11.1 Å². The van der Waals surface area contributed by atoms with Gasteiger partial charge in [0.15, 0.2) is 0 Å². The molecule has 0 bridgehead atoms. The van der Waals surface area contributed by atoms with Crippen LogP contribution in [0.2, 0.25) is 0 Å². The van der Waals surface area contributed by atoms with Crippen molar-refractivity contribution in [2.45, 2.75) is 38.0 Å². The minimum Gasteiger partial charge on any atom is -0.445 e. The third-order valence-electron chi connectivity index (χ3n) is 3.01. The maximum Gasteiger partial charge on any atom is 0.407 e. The molecule has 4 heteroatoms. The molecule has 3 N–H and O–H groups in total. The van der Waals surface area contributed by atoms with Gasteiger partial charge >= 0.3 is 6.09 Å². The highest BCUT2D eigenvalue weighted by Crippen LogP contribution is 2.17. The summed E-state index contributed by atoms with van der Waals surface area (Å²) in [7, 11) is 0. The molecule has 4 nitrogen and oxygen atoms in total. The summed E-state index contributed by atoms with van der Waals surface area (Å²) in [5, 5.41) is 2.84. The summed E-state index contributed by atoms with van der Waals surface area (Å²) >= 11 is 0. The van der Waals surface area contributed by atoms with Gasteiger partial charge in [-0.3, -0.25) is 0 Å². The van der Waals surface area contributed by atoms with Gasteiger partial charge in [0.05, 0.1) is 0 Å². The Bertz CT molecular complexity index is 367. The van der Waals surface area contributed by atoms with Crippen LogP contribution >= 0.6 is 0 Å². The smallest absolute Gasteiger partial charge is 0.407 e. The molecule has 1 aromatic rings. The molecule has 1 aliphatic carbocycles. The van der Waals surface area contributed by atoms with Gasteiger partial charge in [0.2, 0.25) is 0 Å². The number of amides is 1. The van der Waals surface area contributed by atoms with Gasteiger partial charge in [-0.1, -0.05) is 30.3 Å². The van der Waals surface area contributed by atoms with Crippen LogP contribution in [0.4, 0.5) is 4.79 Å². The number of nitrogens with two attached hydrogens (primary N) is 1. The van der Waals surface area contributed by atoms with Crippen LogP contribution in [-0.2, 0) is 11.3 Å². The van der Waals surface area contributed by atoms with Crippen molar-refractivity contribution in [3.63, 3.8) is 0 Å². The van der Waals surface area contributed by atoms with E-state index in [0.717, 1.165) is 24.8 Å². The summed E-state index contributed by atoms with van der Waals surface area (Å²) in [4.78, 5) is 11.5. The molecular formula is C13H18N2O2. The first-order valence-electron chi connectivity index (χ1n) is 5.97. The van der Waals surface area contributed by atoms with Crippen molar-refractivity contribution in [3.8, 4) is 0 Å². The number of hydrogen-bond acceptors (Lipinski definition) is 3. The molecule has 17 heavy (non-hydrogen) atoms. The summed E-state index contributed by atoms with van der Waals surface area (Å²) < 4.78 is 5.13. The molecular weight excluding hydrogens is 216 g/mol. The lowest BCUT2D eigenvalue weighted by molar-refractivity contribution is 0.136. The van der Waals surface area contributed by atoms with Gasteiger partial charge in [0, 0.05) is 12.1 Å². The van der Waals surface area contributed by atoms with Crippen molar-refractivity contribution in [2.75, 3.05) is 0 Å². The summed E-state index contributed by atoms with van der Waals surface area (Å²) in [5.74, 6) is 0. The maximum atomic E-state index is 11.5. The molecule has 1 fully saturated rings. The van der Waals surface area contributed by atoms with Crippen molar-refractivity contribution in [1.82, 2.24) is 5.32 Å². The van der Waals surface area contributed by atoms with Gasteiger partial charge < -0.3 is 15.8 Å². The van der Waals surface area contributed by atoms with Crippen LogP contribution in [-0.4, -0.2) is 18.2 Å². The number of alkyl carbamates (subject to hydrolysis) is 1. The summed E-state index contributed by atoms with van der Waals surface area (Å²) in [6.07, 6.45) is 2.42. The first-order valence-corrected chi connectivity index (χ1v) is 5.97. The van der Waals surface area contributed by atoms with Gasteiger partial charge in [-0.15, -0.1) is 0 Å². The predicted molar refractivity (Wildman–Crippen MR) is 65.4 cm³/mol. The highest BCUT2D eigenvalue weighted by Gasteiger charge is 2.23. The van der Waals surface area contributed by atoms with Crippen molar-refractivity contribution < 1.29 is 9.53 Å². The number of rotatable bonds is 3. The van der Waals surface area contributed by atoms with Gasteiger partial charge in [0.1, 0.15) is 6.61 Å². The fraction of sp³-hybridized carbons (Fsp3) is 0.462. The van der Waals surface area contributed by atoms with E-state index in [2.05, 4.69) is 5.32 Å². The molecule has 92 valence electrons. The third-order valence-corrected chi connectivity index (χ3v) is 3.01. The van der Waals surface area contributed by atoms with Gasteiger partial charge in [-0.05, 0) is 24.8 Å². The number of hydrogen-bond donors (Lipinski definition) is 2. The van der Waals surface area contributed by atoms with E-state index in [1.165, 1.54) is 0 Å². The molecule has 0 spiro atoms. The van der Waals surface area contributed by atoms with Gasteiger partial charge in [-0.2, -0.15) is 0 Å². The first-order chi connectivity index (χ1) is 8.24. The largest absolute Gasteiger partial charge is 0.445 e. The lowest BCUT2D eigenvalue weighted by atomic mass is 10.2. The van der Waals surface area contributed by atoms with E-state index in [-0.39, 0.29) is 18.2 Å². The van der Waals surface area contributed by atoms with E-state index in [9.17, 15) is 4.79 Å². The number of nitrogens with one attached hydrogen (secondary N) is 1. The Kier molecular flexibility index (Phi) is 3.98. The number of ether oxygens (including phenoxy) is 1. The van der Waals surface area contributed by atoms with Gasteiger partial charge in [-0.25, -0.2) is 4.79 Å². The van der Waals surface area contributed by atoms with Crippen LogP contribution in [0.15, 0.2) is 30.3 Å². The van der Waals surface area contributed by atoms with Crippen molar-refractivity contribution >= 4 is 6.09 Å². The van der Waals surface area contributed by atoms with E-state index < -0.39 is 0 Å². The zero-order valence-electron chi connectivity index (χ0n) is 9.76. The molecule has 0 aliphatic heterocycles. The first kappa shape index (κ1) is 11.9. The summed E-state index contributed by atoms with van der Waals surface area (Å²) in [6, 6.07) is 10.0. The average molecular weight is 234 g/mol. The minimum absolute atomic E-state index is 0.174. The molecule has 1 aromatic carbocycles. The van der Waals surface area contributed by atoms with Crippen LogP contribution in [0, 0.1) is 0 Å². The lowest BCUT2D eigenvalue weighted by Gasteiger charge is -2.12. The van der Waals surface area contributed by atoms with Crippen molar-refractivity contribution in [1.29, 1.82) is 0 Å². The van der Waals surface area contributed by atoms with Crippen molar-refractivity contribution in [2.24, 2.45) is 5.73 Å². The quantitative estimate of drug-likeness (QED) is 0.838. The second-order valence-electron chi connectivity index (χ2n) is 4.48. The molecule has 0 radical (unpaired) electrons. The molecule has 0 heterocycles. The molecule has 0 unspecified atom stereocenters. The molecule has 1 amide bonds. The Hall–Kier alpha value is -1.55. The topological polar surface area (TPSA) is 64.3 Å². The highest BCUT2D eigenvalue weighted by atomic mass is 16.5. The Morgan fingerprint density at radius 1 is 1.35 bits per heavy atom. The predicted octanol–water partition coefficient (Wildman–Crippen LogP) is 1.79. The maximum absolute atomic E-state index is 11.5. The lowest BCUT2D eigenvalue weighted by Crippen LogP contribution is -2.34. The Labute approximate surface area is 101 Å².